The lowest BCUT2D eigenvalue weighted by molar-refractivity contribution is 0.0940. The molecule has 1 aromatic heterocycles. The number of hydrogen-bond acceptors (Lipinski definition) is 4. The number of thiophene rings is 1. The highest BCUT2D eigenvalue weighted by atomic mass is 32.2. The lowest BCUT2D eigenvalue weighted by Gasteiger charge is -2.20. The van der Waals surface area contributed by atoms with Crippen LogP contribution < -0.4 is 9.62 Å². The molecule has 0 aliphatic heterocycles. The molecule has 0 saturated carbocycles. The number of nitrogens with one attached hydrogen (secondary N) is 1. The highest BCUT2D eigenvalue weighted by Gasteiger charge is 2.21. The first kappa shape index (κ1) is 20.1. The van der Waals surface area contributed by atoms with Gasteiger partial charge in [0.25, 0.3) is 15.9 Å². The molecule has 5 nitrogen and oxygen atoms in total. The molecular weight excluding hydrogens is 392 g/mol. The summed E-state index contributed by atoms with van der Waals surface area (Å²) in [5.41, 5.74) is 1.96. The number of carbonyl (C=O) groups is 1. The Labute approximate surface area is 169 Å². The number of nitrogens with zero attached hydrogens (tertiary/aromatic N) is 1. The van der Waals surface area contributed by atoms with Crippen LogP contribution in [0.2, 0.25) is 0 Å². The Bertz CT molecular complexity index is 1040. The van der Waals surface area contributed by atoms with Crippen molar-refractivity contribution in [1.82, 2.24) is 5.32 Å². The Kier molecular flexibility index (Phi) is 5.86. The van der Waals surface area contributed by atoms with E-state index in [2.05, 4.69) is 5.32 Å². The van der Waals surface area contributed by atoms with Crippen molar-refractivity contribution in [2.24, 2.45) is 0 Å². The van der Waals surface area contributed by atoms with Crippen molar-refractivity contribution in [2.45, 2.75) is 24.8 Å². The van der Waals surface area contributed by atoms with Crippen molar-refractivity contribution in [3.8, 4) is 0 Å². The van der Waals surface area contributed by atoms with Gasteiger partial charge in [0.05, 0.1) is 16.6 Å². The summed E-state index contributed by atoms with van der Waals surface area (Å²) in [5, 5.41) is 4.92. The van der Waals surface area contributed by atoms with Gasteiger partial charge in [-0.3, -0.25) is 9.10 Å². The van der Waals surface area contributed by atoms with E-state index in [1.807, 2.05) is 31.4 Å². The van der Waals surface area contributed by atoms with E-state index >= 15 is 0 Å². The van der Waals surface area contributed by atoms with E-state index in [0.717, 1.165) is 10.4 Å². The van der Waals surface area contributed by atoms with E-state index in [1.165, 1.54) is 11.4 Å². The Morgan fingerprint density at radius 2 is 1.68 bits per heavy atom. The SMILES string of the molecule is Cc1ccc(S(=O)(=O)N(C)c2ccc(C(=O)NC(C)c3cccs3)cc2)cc1. The molecule has 2 aromatic carbocycles. The second kappa shape index (κ2) is 8.16. The Hall–Kier alpha value is -2.64. The molecule has 0 radical (unpaired) electrons. The van der Waals surface area contributed by atoms with Crippen LogP contribution in [0, 0.1) is 6.92 Å². The lowest BCUT2D eigenvalue weighted by atomic mass is 10.1. The molecule has 1 heterocycles. The third-order valence-corrected chi connectivity index (χ3v) is 7.34. The average Bonchev–Trinajstić information content (AvgIpc) is 3.23. The number of aryl methyl sites for hydroxylation is 1. The summed E-state index contributed by atoms with van der Waals surface area (Å²) in [7, 11) is -2.15. The van der Waals surface area contributed by atoms with Crippen LogP contribution in [0.4, 0.5) is 5.69 Å². The van der Waals surface area contributed by atoms with Crippen molar-refractivity contribution >= 4 is 33.0 Å². The summed E-state index contributed by atoms with van der Waals surface area (Å²) in [6, 6.07) is 17.1. The number of hydrogen-bond donors (Lipinski definition) is 1. The molecule has 1 N–H and O–H groups in total. The van der Waals surface area contributed by atoms with E-state index in [9.17, 15) is 13.2 Å². The van der Waals surface area contributed by atoms with Gasteiger partial charge in [-0.15, -0.1) is 11.3 Å². The van der Waals surface area contributed by atoms with Crippen LogP contribution in [0.5, 0.6) is 0 Å². The summed E-state index contributed by atoms with van der Waals surface area (Å²) in [6.07, 6.45) is 0. The van der Waals surface area contributed by atoms with Gasteiger partial charge in [-0.05, 0) is 61.7 Å². The fraction of sp³-hybridized carbons (Fsp3) is 0.190. The number of amides is 1. The molecule has 146 valence electrons. The van der Waals surface area contributed by atoms with E-state index in [0.29, 0.717) is 11.3 Å². The molecule has 28 heavy (non-hydrogen) atoms. The van der Waals surface area contributed by atoms with Crippen LogP contribution in [0.25, 0.3) is 0 Å². The van der Waals surface area contributed by atoms with Crippen molar-refractivity contribution in [3.05, 3.63) is 82.0 Å². The number of anilines is 1. The Morgan fingerprint density at radius 3 is 2.25 bits per heavy atom. The van der Waals surface area contributed by atoms with Gasteiger partial charge in [-0.2, -0.15) is 0 Å². The Balaban J connectivity index is 1.74. The number of sulfonamides is 1. The van der Waals surface area contributed by atoms with Crippen molar-refractivity contribution < 1.29 is 13.2 Å². The molecule has 0 spiro atoms. The molecular formula is C21H22N2O3S2. The number of carbonyl (C=O) groups excluding carboxylic acids is 1. The maximum atomic E-state index is 12.8. The predicted molar refractivity (Wildman–Crippen MR) is 113 cm³/mol. The molecule has 0 aliphatic rings. The minimum atomic E-state index is -3.66. The van der Waals surface area contributed by atoms with Gasteiger partial charge in [0.15, 0.2) is 0 Å². The minimum Gasteiger partial charge on any atom is -0.345 e. The molecule has 3 aromatic rings. The fourth-order valence-corrected chi connectivity index (χ4v) is 4.65. The number of benzene rings is 2. The van der Waals surface area contributed by atoms with Crippen LogP contribution in [-0.4, -0.2) is 21.4 Å². The summed E-state index contributed by atoms with van der Waals surface area (Å²) in [4.78, 5) is 13.7. The van der Waals surface area contributed by atoms with Crippen LogP contribution in [0.15, 0.2) is 70.9 Å². The van der Waals surface area contributed by atoms with Crippen LogP contribution in [0.3, 0.4) is 0 Å². The van der Waals surface area contributed by atoms with Crippen molar-refractivity contribution in [2.75, 3.05) is 11.4 Å². The highest BCUT2D eigenvalue weighted by molar-refractivity contribution is 7.92. The smallest absolute Gasteiger partial charge is 0.264 e. The van der Waals surface area contributed by atoms with Gasteiger partial charge in [0.2, 0.25) is 0 Å². The predicted octanol–water partition coefficient (Wildman–Crippen LogP) is 4.37. The van der Waals surface area contributed by atoms with E-state index < -0.39 is 10.0 Å². The zero-order chi connectivity index (χ0) is 20.3. The molecule has 0 aliphatic carbocycles. The summed E-state index contributed by atoms with van der Waals surface area (Å²) >= 11 is 1.59. The maximum Gasteiger partial charge on any atom is 0.264 e. The molecule has 0 saturated heterocycles. The first-order valence-corrected chi connectivity index (χ1v) is 11.1. The fourth-order valence-electron chi connectivity index (χ4n) is 2.72. The van der Waals surface area contributed by atoms with E-state index in [4.69, 9.17) is 0 Å². The monoisotopic (exact) mass is 414 g/mol. The summed E-state index contributed by atoms with van der Waals surface area (Å²) in [5.74, 6) is -0.198. The zero-order valence-electron chi connectivity index (χ0n) is 15.9. The van der Waals surface area contributed by atoms with E-state index in [-0.39, 0.29) is 16.8 Å². The van der Waals surface area contributed by atoms with Crippen molar-refractivity contribution in [3.63, 3.8) is 0 Å². The standard InChI is InChI=1S/C21H22N2O3S2/c1-15-6-12-19(13-7-15)28(25,26)23(3)18-10-8-17(9-11-18)21(24)22-16(2)20-5-4-14-27-20/h4-14,16H,1-3H3,(H,22,24). The van der Waals surface area contributed by atoms with Crippen LogP contribution in [-0.2, 0) is 10.0 Å². The molecule has 7 heteroatoms. The highest BCUT2D eigenvalue weighted by Crippen LogP contribution is 2.23. The van der Waals surface area contributed by atoms with Gasteiger partial charge in [0, 0.05) is 17.5 Å². The van der Waals surface area contributed by atoms with Crippen LogP contribution >= 0.6 is 11.3 Å². The first-order valence-electron chi connectivity index (χ1n) is 8.79. The minimum absolute atomic E-state index is 0.0863. The molecule has 1 unspecified atom stereocenters. The maximum absolute atomic E-state index is 12.8. The van der Waals surface area contributed by atoms with Gasteiger partial charge in [-0.1, -0.05) is 23.8 Å². The van der Waals surface area contributed by atoms with Gasteiger partial charge in [-0.25, -0.2) is 8.42 Å². The normalized spacial score (nSPS) is 12.4. The third kappa shape index (κ3) is 4.26. The summed E-state index contributed by atoms with van der Waals surface area (Å²) < 4.78 is 26.8. The summed E-state index contributed by atoms with van der Waals surface area (Å²) in [6.45, 7) is 3.84. The average molecular weight is 415 g/mol. The third-order valence-electron chi connectivity index (χ3n) is 4.49. The van der Waals surface area contributed by atoms with Gasteiger partial charge >= 0.3 is 0 Å². The molecule has 0 bridgehead atoms. The van der Waals surface area contributed by atoms with Crippen molar-refractivity contribution in [1.29, 1.82) is 0 Å². The molecule has 3 rings (SSSR count). The van der Waals surface area contributed by atoms with Gasteiger partial charge < -0.3 is 5.32 Å². The Morgan fingerprint density at radius 1 is 1.04 bits per heavy atom. The second-order valence-electron chi connectivity index (χ2n) is 6.54. The largest absolute Gasteiger partial charge is 0.345 e. The lowest BCUT2D eigenvalue weighted by Crippen LogP contribution is -2.27. The molecule has 1 amide bonds. The second-order valence-corrected chi connectivity index (χ2v) is 9.49. The molecule has 1 atom stereocenters. The molecule has 0 fully saturated rings. The number of rotatable bonds is 6. The topological polar surface area (TPSA) is 66.5 Å². The zero-order valence-corrected chi connectivity index (χ0v) is 17.5. The quantitative estimate of drug-likeness (QED) is 0.651. The first-order chi connectivity index (χ1) is 13.3. The van der Waals surface area contributed by atoms with E-state index in [1.54, 1.807) is 59.9 Å². The van der Waals surface area contributed by atoms with Gasteiger partial charge in [0.1, 0.15) is 0 Å². The van der Waals surface area contributed by atoms with Crippen LogP contribution in [0.1, 0.15) is 33.8 Å².